The van der Waals surface area contributed by atoms with Gasteiger partial charge in [0.25, 0.3) is 5.91 Å². The molecular formula is C44H47NO7. The molecule has 0 saturated heterocycles. The number of nitrogens with zero attached hydrogens (tertiary/aromatic N) is 1. The molecule has 52 heavy (non-hydrogen) atoms. The average Bonchev–Trinajstić information content (AvgIpc) is 3.20. The van der Waals surface area contributed by atoms with Gasteiger partial charge in [0.05, 0.1) is 13.2 Å². The smallest absolute Gasteiger partial charge is 0.260 e. The highest BCUT2D eigenvalue weighted by molar-refractivity contribution is 5.97. The van der Waals surface area contributed by atoms with Gasteiger partial charge in [-0.25, -0.2) is 0 Å². The maximum atomic E-state index is 15.1. The van der Waals surface area contributed by atoms with E-state index in [4.69, 9.17) is 28.4 Å². The first-order chi connectivity index (χ1) is 25.7. The number of benzene rings is 5. The van der Waals surface area contributed by atoms with Crippen molar-refractivity contribution in [2.24, 2.45) is 0 Å². The number of anilines is 1. The van der Waals surface area contributed by atoms with Crippen molar-refractivity contribution >= 4 is 11.6 Å². The number of ether oxygens (including phenoxy) is 6. The highest BCUT2D eigenvalue weighted by Crippen LogP contribution is 2.39. The Kier molecular flexibility index (Phi) is 13.2. The number of hydrogen-bond acceptors (Lipinski definition) is 7. The van der Waals surface area contributed by atoms with Crippen molar-refractivity contribution in [3.8, 4) is 23.0 Å². The quantitative estimate of drug-likeness (QED) is 0.135. The summed E-state index contributed by atoms with van der Waals surface area (Å²) in [5, 5.41) is 0. The zero-order valence-electron chi connectivity index (χ0n) is 29.7. The minimum atomic E-state index is -1.30. The van der Waals surface area contributed by atoms with E-state index >= 15 is 4.79 Å². The van der Waals surface area contributed by atoms with E-state index in [0.29, 0.717) is 56.0 Å². The van der Waals surface area contributed by atoms with E-state index in [1.165, 1.54) is 0 Å². The van der Waals surface area contributed by atoms with Gasteiger partial charge in [-0.15, -0.1) is 0 Å². The zero-order chi connectivity index (χ0) is 35.9. The summed E-state index contributed by atoms with van der Waals surface area (Å²) in [6.45, 7) is 4.12. The third-order valence-corrected chi connectivity index (χ3v) is 8.88. The first-order valence-corrected chi connectivity index (χ1v) is 18.1. The lowest BCUT2D eigenvalue weighted by atomic mass is 9.93. The van der Waals surface area contributed by atoms with Crippen LogP contribution in [0.2, 0.25) is 0 Å². The number of fused-ring (bicyclic) bond motifs is 2. The summed E-state index contributed by atoms with van der Waals surface area (Å²) in [6.07, 6.45) is 1.87. The summed E-state index contributed by atoms with van der Waals surface area (Å²) >= 11 is 0. The number of rotatable bonds is 10. The third kappa shape index (κ3) is 9.51. The number of carbonyl (C=O) groups is 1. The molecule has 1 aliphatic rings. The SMILES string of the molecule is CCCCCN(C(=O)C(OC1(c2ccccc2)COc2ccccc2OCCOCCOc2ccccc2OC1)c1ccccc1)c1ccccc1. The zero-order valence-corrected chi connectivity index (χ0v) is 29.7. The van der Waals surface area contributed by atoms with Gasteiger partial charge in [-0.05, 0) is 53.9 Å². The molecule has 1 unspecified atom stereocenters. The molecular weight excluding hydrogens is 654 g/mol. The highest BCUT2D eigenvalue weighted by Gasteiger charge is 2.43. The lowest BCUT2D eigenvalue weighted by molar-refractivity contribution is -0.162. The first kappa shape index (κ1) is 36.5. The van der Waals surface area contributed by atoms with E-state index in [9.17, 15) is 0 Å². The molecule has 0 aromatic heterocycles. The van der Waals surface area contributed by atoms with E-state index in [0.717, 1.165) is 36.1 Å². The molecule has 8 heteroatoms. The number of unbranched alkanes of at least 4 members (excludes halogenated alkanes) is 2. The van der Waals surface area contributed by atoms with Crippen LogP contribution >= 0.6 is 0 Å². The fraction of sp³-hybridized carbons (Fsp3) is 0.295. The molecule has 1 heterocycles. The van der Waals surface area contributed by atoms with E-state index in [-0.39, 0.29) is 19.1 Å². The van der Waals surface area contributed by atoms with Gasteiger partial charge in [-0.3, -0.25) is 4.79 Å². The van der Waals surface area contributed by atoms with Crippen molar-refractivity contribution in [2.75, 3.05) is 51.1 Å². The van der Waals surface area contributed by atoms with Gasteiger partial charge in [-0.2, -0.15) is 0 Å². The number of hydrogen-bond donors (Lipinski definition) is 0. The predicted octanol–water partition coefficient (Wildman–Crippen LogP) is 8.81. The van der Waals surface area contributed by atoms with Crippen molar-refractivity contribution < 1.29 is 33.2 Å². The molecule has 270 valence electrons. The topological polar surface area (TPSA) is 75.7 Å². The van der Waals surface area contributed by atoms with Crippen molar-refractivity contribution in [2.45, 2.75) is 37.9 Å². The van der Waals surface area contributed by atoms with Gasteiger partial charge in [0, 0.05) is 12.2 Å². The van der Waals surface area contributed by atoms with Gasteiger partial charge in [-0.1, -0.05) is 123 Å². The number of amides is 1. The summed E-state index contributed by atoms with van der Waals surface area (Å²) in [7, 11) is 0. The molecule has 0 bridgehead atoms. The largest absolute Gasteiger partial charge is 0.487 e. The summed E-state index contributed by atoms with van der Waals surface area (Å²) in [5.74, 6) is 2.04. The van der Waals surface area contributed by atoms with Gasteiger partial charge in [0.1, 0.15) is 26.4 Å². The fourth-order valence-electron chi connectivity index (χ4n) is 6.13. The molecule has 0 saturated carbocycles. The Morgan fingerprint density at radius 1 is 0.615 bits per heavy atom. The lowest BCUT2D eigenvalue weighted by Gasteiger charge is -2.38. The maximum absolute atomic E-state index is 15.1. The standard InChI is InChI=1S/C44H47NO7/c1-2-3-17-28-45(37-22-11-6-12-23-37)43(46)42(35-18-7-4-8-19-35)52-44(36-20-9-5-10-21-36)33-50-40-26-15-13-24-38(40)48-31-29-47-30-32-49-39-25-14-16-27-41(39)51-34-44/h4-16,18-27,42H,2-3,17,28-34H2,1H3. The van der Waals surface area contributed by atoms with Gasteiger partial charge < -0.3 is 33.3 Å². The fourth-order valence-corrected chi connectivity index (χ4v) is 6.13. The Bertz CT molecular complexity index is 1750. The second-order valence-electron chi connectivity index (χ2n) is 12.6. The van der Waals surface area contributed by atoms with Crippen LogP contribution in [0.4, 0.5) is 5.69 Å². The van der Waals surface area contributed by atoms with Gasteiger partial charge in [0.2, 0.25) is 0 Å². The molecule has 1 amide bonds. The van der Waals surface area contributed by atoms with Gasteiger partial charge in [0.15, 0.2) is 34.7 Å². The highest BCUT2D eigenvalue weighted by atomic mass is 16.6. The van der Waals surface area contributed by atoms with Crippen LogP contribution in [0.25, 0.3) is 0 Å². The van der Waals surface area contributed by atoms with E-state index in [1.807, 2.05) is 144 Å². The predicted molar refractivity (Wildman–Crippen MR) is 202 cm³/mol. The van der Waals surface area contributed by atoms with Crippen LogP contribution in [0.1, 0.15) is 43.4 Å². The summed E-state index contributed by atoms with van der Waals surface area (Å²) in [5.41, 5.74) is 1.02. The molecule has 8 nitrogen and oxygen atoms in total. The molecule has 6 rings (SSSR count). The molecule has 0 spiro atoms. The van der Waals surface area contributed by atoms with E-state index in [1.54, 1.807) is 0 Å². The minimum Gasteiger partial charge on any atom is -0.487 e. The van der Waals surface area contributed by atoms with Crippen LogP contribution in [-0.4, -0.2) is 52.1 Å². The summed E-state index contributed by atoms with van der Waals surface area (Å²) in [4.78, 5) is 16.9. The second-order valence-corrected chi connectivity index (χ2v) is 12.6. The molecule has 1 atom stereocenters. The van der Waals surface area contributed by atoms with Crippen molar-refractivity contribution in [1.82, 2.24) is 0 Å². The molecule has 1 aliphatic heterocycles. The first-order valence-electron chi connectivity index (χ1n) is 18.1. The normalized spacial score (nSPS) is 15.2. The van der Waals surface area contributed by atoms with E-state index < -0.39 is 11.7 Å². The van der Waals surface area contributed by atoms with Crippen LogP contribution in [-0.2, 0) is 19.9 Å². The third-order valence-electron chi connectivity index (χ3n) is 8.88. The van der Waals surface area contributed by atoms with Crippen molar-refractivity contribution in [3.05, 3.63) is 151 Å². The molecule has 0 N–H and O–H groups in total. The Hall–Kier alpha value is -5.31. The monoisotopic (exact) mass is 701 g/mol. The summed E-state index contributed by atoms with van der Waals surface area (Å²) < 4.78 is 38.6. The van der Waals surface area contributed by atoms with Crippen LogP contribution in [0.5, 0.6) is 23.0 Å². The van der Waals surface area contributed by atoms with Crippen LogP contribution in [0, 0.1) is 0 Å². The molecule has 5 aromatic rings. The summed E-state index contributed by atoms with van der Waals surface area (Å²) in [6, 6.07) is 44.3. The molecule has 0 radical (unpaired) electrons. The Labute approximate surface area is 306 Å². The Morgan fingerprint density at radius 2 is 1.10 bits per heavy atom. The van der Waals surface area contributed by atoms with Crippen molar-refractivity contribution in [3.63, 3.8) is 0 Å². The molecule has 0 fully saturated rings. The lowest BCUT2D eigenvalue weighted by Crippen LogP contribution is -2.47. The van der Waals surface area contributed by atoms with Crippen LogP contribution in [0.3, 0.4) is 0 Å². The maximum Gasteiger partial charge on any atom is 0.260 e. The van der Waals surface area contributed by atoms with Crippen LogP contribution < -0.4 is 23.8 Å². The van der Waals surface area contributed by atoms with Crippen molar-refractivity contribution in [1.29, 1.82) is 0 Å². The number of para-hydroxylation sites is 5. The average molecular weight is 702 g/mol. The number of carbonyl (C=O) groups excluding carboxylic acids is 1. The van der Waals surface area contributed by atoms with Gasteiger partial charge >= 0.3 is 0 Å². The Morgan fingerprint density at radius 3 is 1.63 bits per heavy atom. The molecule has 0 aliphatic carbocycles. The van der Waals surface area contributed by atoms with Crippen LogP contribution in [0.15, 0.2) is 140 Å². The minimum absolute atomic E-state index is 0.00526. The second kappa shape index (κ2) is 18.8. The van der Waals surface area contributed by atoms with E-state index in [2.05, 4.69) is 6.92 Å². The Balaban J connectivity index is 1.46. The molecule has 5 aromatic carbocycles.